The summed E-state index contributed by atoms with van der Waals surface area (Å²) in [5.74, 6) is -4.94. The summed E-state index contributed by atoms with van der Waals surface area (Å²) in [4.78, 5) is 35.3. The molecule has 0 bridgehead atoms. The van der Waals surface area contributed by atoms with Crippen molar-refractivity contribution < 1.29 is 32.1 Å². The zero-order valence-electron chi connectivity index (χ0n) is 11.5. The Labute approximate surface area is 187 Å². The van der Waals surface area contributed by atoms with Crippen LogP contribution in [0.15, 0.2) is 0 Å². The highest BCUT2D eigenvalue weighted by atomic mass is 35.6. The number of carbonyl (C=O) groups excluding carboxylic acids is 3. The Morgan fingerprint density at radius 2 is 0.920 bits per heavy atom. The van der Waals surface area contributed by atoms with E-state index in [1.54, 1.807) is 0 Å². The van der Waals surface area contributed by atoms with Crippen LogP contribution < -0.4 is 0 Å². The van der Waals surface area contributed by atoms with Gasteiger partial charge in [-0.15, -0.1) is 0 Å². The molecule has 7 nitrogen and oxygen atoms in total. The maximum absolute atomic E-state index is 11.8. The van der Waals surface area contributed by atoms with Crippen molar-refractivity contribution >= 4 is 131 Å². The molecular formula is C8H5Cl9O7Si. The first-order valence-electron chi connectivity index (χ1n) is 5.49. The number of alkyl halides is 9. The summed E-state index contributed by atoms with van der Waals surface area (Å²) < 4.78 is 10.7. The van der Waals surface area contributed by atoms with Gasteiger partial charge in [0, 0.05) is 6.61 Å². The first-order valence-corrected chi connectivity index (χ1v) is 10.5. The highest BCUT2D eigenvalue weighted by Gasteiger charge is 2.63. The van der Waals surface area contributed by atoms with Crippen molar-refractivity contribution in [3.63, 3.8) is 0 Å². The lowest BCUT2D eigenvalue weighted by molar-refractivity contribution is -0.157. The minimum absolute atomic E-state index is 0.348. The third kappa shape index (κ3) is 9.29. The first-order chi connectivity index (χ1) is 10.9. The highest BCUT2D eigenvalue weighted by molar-refractivity contribution is 6.80. The summed E-state index contributed by atoms with van der Waals surface area (Å²) in [5, 5.41) is 0. The smallest absolute Gasteiger partial charge is 0.429 e. The van der Waals surface area contributed by atoms with E-state index in [4.69, 9.17) is 109 Å². The van der Waals surface area contributed by atoms with Gasteiger partial charge in [-0.2, -0.15) is 0 Å². The minimum Gasteiger partial charge on any atom is -0.429 e. The number of rotatable bonds is 5. The molecule has 0 unspecified atom stereocenters. The Morgan fingerprint density at radius 3 is 1.08 bits per heavy atom. The number of hydrogen-bond donors (Lipinski definition) is 0. The summed E-state index contributed by atoms with van der Waals surface area (Å²) >= 11 is 48.0. The standard InChI is InChI=1S/C8H5Cl9O7Si/c1-2-21-25(22-3(18)6(9,10)11,23-4(19)7(12,13)14)24-5(20)8(15,16)17/h2H2,1H3. The van der Waals surface area contributed by atoms with Gasteiger partial charge in [-0.3, -0.25) is 0 Å². The molecule has 25 heavy (non-hydrogen) atoms. The summed E-state index contributed by atoms with van der Waals surface area (Å²) in [5.41, 5.74) is 0. The molecule has 17 heteroatoms. The molecule has 0 fully saturated rings. The third-order valence-corrected chi connectivity index (χ3v) is 5.01. The molecule has 0 rings (SSSR count). The molecule has 0 aliphatic rings. The minimum atomic E-state index is -5.12. The van der Waals surface area contributed by atoms with E-state index in [1.807, 2.05) is 0 Å². The number of carbonyl (C=O) groups is 3. The Balaban J connectivity index is 5.88. The van der Waals surface area contributed by atoms with E-state index in [0.29, 0.717) is 0 Å². The predicted molar refractivity (Wildman–Crippen MR) is 96.5 cm³/mol. The van der Waals surface area contributed by atoms with Gasteiger partial charge in [0.1, 0.15) is 0 Å². The maximum Gasteiger partial charge on any atom is 0.899 e. The van der Waals surface area contributed by atoms with Crippen molar-refractivity contribution in [1.29, 1.82) is 0 Å². The van der Waals surface area contributed by atoms with E-state index >= 15 is 0 Å². The second-order valence-electron chi connectivity index (χ2n) is 3.59. The van der Waals surface area contributed by atoms with Crippen molar-refractivity contribution in [2.75, 3.05) is 6.61 Å². The van der Waals surface area contributed by atoms with E-state index in [0.717, 1.165) is 0 Å². The van der Waals surface area contributed by atoms with Gasteiger partial charge in [0.05, 0.1) is 0 Å². The van der Waals surface area contributed by atoms with Crippen molar-refractivity contribution in [2.24, 2.45) is 0 Å². The van der Waals surface area contributed by atoms with Gasteiger partial charge in [-0.1, -0.05) is 104 Å². The largest absolute Gasteiger partial charge is 0.899 e. The molecule has 0 radical (unpaired) electrons. The lowest BCUT2D eigenvalue weighted by Gasteiger charge is -2.28. The average Bonchev–Trinajstić information content (AvgIpc) is 2.35. The SMILES string of the molecule is CCO[Si](OC(=O)C(Cl)(Cl)Cl)(OC(=O)C(Cl)(Cl)Cl)OC(=O)C(Cl)(Cl)Cl. The van der Waals surface area contributed by atoms with Gasteiger partial charge in [0.2, 0.25) is 0 Å². The lowest BCUT2D eigenvalue weighted by Crippen LogP contribution is -2.57. The van der Waals surface area contributed by atoms with Crippen molar-refractivity contribution in [2.45, 2.75) is 18.3 Å². The topological polar surface area (TPSA) is 88.1 Å². The first kappa shape index (κ1) is 26.2. The fraction of sp³-hybridized carbons (Fsp3) is 0.625. The molecule has 146 valence electrons. The lowest BCUT2D eigenvalue weighted by atomic mass is 10.8. The normalized spacial score (nSPS) is 13.2. The molecule has 0 aromatic carbocycles. The van der Waals surface area contributed by atoms with Crippen LogP contribution in [0, 0.1) is 0 Å². The van der Waals surface area contributed by atoms with Crippen molar-refractivity contribution in [1.82, 2.24) is 0 Å². The molecule has 0 aliphatic carbocycles. The van der Waals surface area contributed by atoms with Crippen LogP contribution in [0.4, 0.5) is 0 Å². The second kappa shape index (κ2) is 9.60. The molecule has 0 saturated heterocycles. The quantitative estimate of drug-likeness (QED) is 0.368. The fourth-order valence-electron chi connectivity index (χ4n) is 0.842. The van der Waals surface area contributed by atoms with E-state index in [2.05, 4.69) is 13.3 Å². The molecule has 0 aromatic heterocycles. The van der Waals surface area contributed by atoms with Crippen LogP contribution in [0.25, 0.3) is 0 Å². The molecule has 0 spiro atoms. The van der Waals surface area contributed by atoms with Gasteiger partial charge < -0.3 is 17.7 Å². The number of halogens is 9. The monoisotopic (exact) mass is 556 g/mol. The molecule has 0 aliphatic heterocycles. The molecule has 0 heterocycles. The Hall–Kier alpha value is 1.20. The maximum atomic E-state index is 11.8. The zero-order valence-corrected chi connectivity index (χ0v) is 19.3. The Kier molecular flexibility index (Phi) is 10.1. The molecule has 0 saturated carbocycles. The zero-order chi connectivity index (χ0) is 20.3. The highest BCUT2D eigenvalue weighted by Crippen LogP contribution is 2.35. The van der Waals surface area contributed by atoms with Crippen molar-refractivity contribution in [3.8, 4) is 0 Å². The van der Waals surface area contributed by atoms with Crippen LogP contribution in [0.2, 0.25) is 0 Å². The summed E-state index contributed by atoms with van der Waals surface area (Å²) in [6.07, 6.45) is 0. The Bertz CT molecular complexity index is 454. The van der Waals surface area contributed by atoms with Crippen LogP contribution in [-0.2, 0) is 32.1 Å². The molecule has 0 N–H and O–H groups in total. The Morgan fingerprint density at radius 1 is 0.680 bits per heavy atom. The van der Waals surface area contributed by atoms with E-state index < -0.39 is 38.3 Å². The van der Waals surface area contributed by atoms with E-state index in [1.165, 1.54) is 6.92 Å². The van der Waals surface area contributed by atoms with Crippen LogP contribution in [0.3, 0.4) is 0 Å². The van der Waals surface area contributed by atoms with Gasteiger partial charge in [-0.25, -0.2) is 14.4 Å². The number of hydrogen-bond acceptors (Lipinski definition) is 7. The van der Waals surface area contributed by atoms with Crippen LogP contribution in [-0.4, -0.2) is 44.9 Å². The second-order valence-corrected chi connectivity index (χ2v) is 12.3. The third-order valence-electron chi connectivity index (χ3n) is 1.67. The fourth-order valence-corrected chi connectivity index (χ4v) is 3.57. The predicted octanol–water partition coefficient (Wildman–Crippen LogP) is 4.20. The average molecular weight is 560 g/mol. The van der Waals surface area contributed by atoms with Gasteiger partial charge >= 0.3 is 27.0 Å². The van der Waals surface area contributed by atoms with Crippen LogP contribution in [0.1, 0.15) is 6.92 Å². The van der Waals surface area contributed by atoms with Gasteiger partial charge in [0.15, 0.2) is 0 Å². The van der Waals surface area contributed by atoms with Crippen LogP contribution in [0.5, 0.6) is 0 Å². The van der Waals surface area contributed by atoms with E-state index in [-0.39, 0.29) is 6.61 Å². The van der Waals surface area contributed by atoms with Gasteiger partial charge in [0.25, 0.3) is 11.4 Å². The summed E-state index contributed by atoms with van der Waals surface area (Å²) in [6, 6.07) is 0. The van der Waals surface area contributed by atoms with Gasteiger partial charge in [-0.05, 0) is 6.92 Å². The molecular weight excluding hydrogens is 555 g/mol. The molecule has 0 aromatic rings. The summed E-state index contributed by atoms with van der Waals surface area (Å²) in [7, 11) is -5.12. The molecule has 0 amide bonds. The molecule has 0 atom stereocenters. The van der Waals surface area contributed by atoms with Crippen molar-refractivity contribution in [3.05, 3.63) is 0 Å². The van der Waals surface area contributed by atoms with E-state index in [9.17, 15) is 14.4 Å². The van der Waals surface area contributed by atoms with Crippen LogP contribution >= 0.6 is 104 Å². The summed E-state index contributed by atoms with van der Waals surface area (Å²) in [6.45, 7) is 0.983.